The number of fused-ring (bicyclic) bond motifs is 1. The van der Waals surface area contributed by atoms with Gasteiger partial charge in [0.1, 0.15) is 0 Å². The zero-order valence-electron chi connectivity index (χ0n) is 12.5. The lowest BCUT2D eigenvalue weighted by Gasteiger charge is -2.20. The van der Waals surface area contributed by atoms with Gasteiger partial charge in [-0.15, -0.1) is 0 Å². The minimum absolute atomic E-state index is 0.0899. The highest BCUT2D eigenvalue weighted by molar-refractivity contribution is 5.33. The SMILES string of the molecule is CC(C)(C)c1nn(Cc2ccncc2)c2c1CNCC2. The molecule has 20 heavy (non-hydrogen) atoms. The van der Waals surface area contributed by atoms with Crippen LogP contribution in [0.2, 0.25) is 0 Å². The minimum atomic E-state index is 0.0899. The molecular weight excluding hydrogens is 248 g/mol. The highest BCUT2D eigenvalue weighted by Crippen LogP contribution is 2.29. The first-order valence-electron chi connectivity index (χ1n) is 7.24. The summed E-state index contributed by atoms with van der Waals surface area (Å²) >= 11 is 0. The summed E-state index contributed by atoms with van der Waals surface area (Å²) in [5.41, 5.74) is 5.37. The third-order valence-corrected chi connectivity index (χ3v) is 3.80. The molecule has 0 aromatic carbocycles. The highest BCUT2D eigenvalue weighted by atomic mass is 15.3. The van der Waals surface area contributed by atoms with E-state index in [1.165, 1.54) is 22.5 Å². The number of hydrogen-bond acceptors (Lipinski definition) is 3. The topological polar surface area (TPSA) is 42.7 Å². The number of hydrogen-bond donors (Lipinski definition) is 1. The maximum Gasteiger partial charge on any atom is 0.0725 e. The lowest BCUT2D eigenvalue weighted by Crippen LogP contribution is -2.26. The zero-order chi connectivity index (χ0) is 14.2. The second-order valence-corrected chi connectivity index (χ2v) is 6.46. The molecule has 1 aliphatic heterocycles. The van der Waals surface area contributed by atoms with Crippen LogP contribution in [-0.4, -0.2) is 21.3 Å². The summed E-state index contributed by atoms with van der Waals surface area (Å²) < 4.78 is 2.19. The molecule has 0 radical (unpaired) electrons. The van der Waals surface area contributed by atoms with Crippen LogP contribution < -0.4 is 5.32 Å². The molecule has 2 aromatic heterocycles. The predicted octanol–water partition coefficient (Wildman–Crippen LogP) is 2.27. The molecule has 106 valence electrons. The Kier molecular flexibility index (Phi) is 3.34. The molecule has 0 bridgehead atoms. The first-order chi connectivity index (χ1) is 9.55. The molecule has 3 rings (SSSR count). The van der Waals surface area contributed by atoms with Crippen molar-refractivity contribution in [3.05, 3.63) is 47.0 Å². The van der Waals surface area contributed by atoms with Gasteiger partial charge < -0.3 is 5.32 Å². The minimum Gasteiger partial charge on any atom is -0.312 e. The van der Waals surface area contributed by atoms with Gasteiger partial charge in [-0.3, -0.25) is 9.67 Å². The van der Waals surface area contributed by atoms with Crippen LogP contribution in [0.25, 0.3) is 0 Å². The van der Waals surface area contributed by atoms with Crippen LogP contribution in [0.1, 0.15) is 43.3 Å². The van der Waals surface area contributed by atoms with Gasteiger partial charge in [0.25, 0.3) is 0 Å². The fourth-order valence-electron chi connectivity index (χ4n) is 2.81. The normalized spacial score (nSPS) is 15.2. The van der Waals surface area contributed by atoms with E-state index >= 15 is 0 Å². The van der Waals surface area contributed by atoms with Crippen LogP contribution in [0, 0.1) is 0 Å². The van der Waals surface area contributed by atoms with Crippen molar-refractivity contribution in [1.29, 1.82) is 0 Å². The van der Waals surface area contributed by atoms with E-state index in [9.17, 15) is 0 Å². The standard InChI is InChI=1S/C16H22N4/c1-16(2,3)15-13-10-18-9-6-14(13)20(19-15)11-12-4-7-17-8-5-12/h4-5,7-8,18H,6,9-11H2,1-3H3. The molecule has 0 saturated carbocycles. The zero-order valence-corrected chi connectivity index (χ0v) is 12.5. The molecule has 1 N–H and O–H groups in total. The van der Waals surface area contributed by atoms with Gasteiger partial charge in [0.15, 0.2) is 0 Å². The van der Waals surface area contributed by atoms with E-state index in [1.807, 2.05) is 12.4 Å². The van der Waals surface area contributed by atoms with Crippen LogP contribution in [-0.2, 0) is 24.9 Å². The van der Waals surface area contributed by atoms with Gasteiger partial charge in [0.2, 0.25) is 0 Å². The van der Waals surface area contributed by atoms with Crippen molar-refractivity contribution < 1.29 is 0 Å². The Labute approximate surface area is 120 Å². The lowest BCUT2D eigenvalue weighted by molar-refractivity contribution is 0.539. The third kappa shape index (κ3) is 2.48. The van der Waals surface area contributed by atoms with Crippen LogP contribution in [0.4, 0.5) is 0 Å². The monoisotopic (exact) mass is 270 g/mol. The smallest absolute Gasteiger partial charge is 0.0725 e. The largest absolute Gasteiger partial charge is 0.312 e. The Morgan fingerprint density at radius 3 is 2.70 bits per heavy atom. The van der Waals surface area contributed by atoms with Gasteiger partial charge in [-0.2, -0.15) is 5.10 Å². The second kappa shape index (κ2) is 5.02. The quantitative estimate of drug-likeness (QED) is 0.910. The molecule has 0 aliphatic carbocycles. The van der Waals surface area contributed by atoms with Crippen LogP contribution >= 0.6 is 0 Å². The van der Waals surface area contributed by atoms with E-state index in [2.05, 4.69) is 47.9 Å². The third-order valence-electron chi connectivity index (χ3n) is 3.80. The number of pyridine rings is 1. The fraction of sp³-hybridized carbons (Fsp3) is 0.500. The summed E-state index contributed by atoms with van der Waals surface area (Å²) in [7, 11) is 0. The summed E-state index contributed by atoms with van der Waals surface area (Å²) in [5, 5.41) is 8.38. The maximum atomic E-state index is 4.91. The summed E-state index contributed by atoms with van der Waals surface area (Å²) in [6, 6.07) is 4.12. The summed E-state index contributed by atoms with van der Waals surface area (Å²) in [6.45, 7) is 9.53. The molecule has 0 fully saturated rings. The van der Waals surface area contributed by atoms with E-state index in [1.54, 1.807) is 0 Å². The highest BCUT2D eigenvalue weighted by Gasteiger charge is 2.27. The molecule has 0 saturated heterocycles. The van der Waals surface area contributed by atoms with Gasteiger partial charge in [0.05, 0.1) is 12.2 Å². The number of aromatic nitrogens is 3. The van der Waals surface area contributed by atoms with Gasteiger partial charge in [-0.05, 0) is 17.7 Å². The Hall–Kier alpha value is -1.68. The van der Waals surface area contributed by atoms with E-state index in [0.29, 0.717) is 0 Å². The second-order valence-electron chi connectivity index (χ2n) is 6.46. The van der Waals surface area contributed by atoms with Gasteiger partial charge >= 0.3 is 0 Å². The maximum absolute atomic E-state index is 4.91. The van der Waals surface area contributed by atoms with Crippen molar-refractivity contribution >= 4 is 0 Å². The molecule has 4 nitrogen and oxygen atoms in total. The van der Waals surface area contributed by atoms with E-state index in [0.717, 1.165) is 26.1 Å². The van der Waals surface area contributed by atoms with Crippen LogP contribution in [0.15, 0.2) is 24.5 Å². The average molecular weight is 270 g/mol. The lowest BCUT2D eigenvalue weighted by atomic mass is 9.88. The number of nitrogens with one attached hydrogen (secondary N) is 1. The van der Waals surface area contributed by atoms with Crippen molar-refractivity contribution in [2.75, 3.05) is 6.54 Å². The summed E-state index contributed by atoms with van der Waals surface area (Å²) in [4.78, 5) is 4.08. The fourth-order valence-corrected chi connectivity index (χ4v) is 2.81. The number of nitrogens with zero attached hydrogens (tertiary/aromatic N) is 3. The Morgan fingerprint density at radius 2 is 2.00 bits per heavy atom. The van der Waals surface area contributed by atoms with Crippen molar-refractivity contribution in [1.82, 2.24) is 20.1 Å². The van der Waals surface area contributed by atoms with Crippen molar-refractivity contribution in [2.24, 2.45) is 0 Å². The molecule has 4 heteroatoms. The molecule has 0 unspecified atom stereocenters. The number of rotatable bonds is 2. The molecule has 0 spiro atoms. The molecule has 0 amide bonds. The van der Waals surface area contributed by atoms with E-state index in [4.69, 9.17) is 5.10 Å². The van der Waals surface area contributed by atoms with Crippen LogP contribution in [0.5, 0.6) is 0 Å². The average Bonchev–Trinajstić information content (AvgIpc) is 2.79. The summed E-state index contributed by atoms with van der Waals surface area (Å²) in [5.74, 6) is 0. The predicted molar refractivity (Wildman–Crippen MR) is 79.7 cm³/mol. The van der Waals surface area contributed by atoms with Gasteiger partial charge in [-0.25, -0.2) is 0 Å². The first-order valence-corrected chi connectivity index (χ1v) is 7.24. The van der Waals surface area contributed by atoms with Crippen molar-refractivity contribution in [3.8, 4) is 0 Å². The Morgan fingerprint density at radius 1 is 1.25 bits per heavy atom. The molecule has 3 heterocycles. The van der Waals surface area contributed by atoms with E-state index < -0.39 is 0 Å². The molecule has 0 atom stereocenters. The summed E-state index contributed by atoms with van der Waals surface area (Å²) in [6.07, 6.45) is 4.75. The van der Waals surface area contributed by atoms with Gasteiger partial charge in [-0.1, -0.05) is 20.8 Å². The van der Waals surface area contributed by atoms with E-state index in [-0.39, 0.29) is 5.41 Å². The van der Waals surface area contributed by atoms with Crippen molar-refractivity contribution in [3.63, 3.8) is 0 Å². The Bertz CT molecular complexity index is 593. The molecular formula is C16H22N4. The Balaban J connectivity index is 2.01. The van der Waals surface area contributed by atoms with Crippen molar-refractivity contribution in [2.45, 2.75) is 45.7 Å². The molecule has 1 aliphatic rings. The van der Waals surface area contributed by atoms with Gasteiger partial charge in [0, 0.05) is 48.6 Å². The first kappa shape index (κ1) is 13.3. The molecule has 2 aromatic rings. The van der Waals surface area contributed by atoms with Crippen LogP contribution in [0.3, 0.4) is 0 Å².